The Kier molecular flexibility index (Phi) is 3.66. The number of rotatable bonds is 3. The molecule has 0 aliphatic rings. The summed E-state index contributed by atoms with van der Waals surface area (Å²) in [5, 5.41) is 11.8. The van der Waals surface area contributed by atoms with Crippen LogP contribution in [0.25, 0.3) is 0 Å². The molecule has 0 unspecified atom stereocenters. The largest absolute Gasteiger partial charge is 0.478 e. The number of carboxylic acids is 1. The molecule has 0 bridgehead atoms. The quantitative estimate of drug-likeness (QED) is 0.903. The van der Waals surface area contributed by atoms with Crippen molar-refractivity contribution in [3.63, 3.8) is 0 Å². The summed E-state index contributed by atoms with van der Waals surface area (Å²) >= 11 is 1.37. The highest BCUT2D eigenvalue weighted by Crippen LogP contribution is 2.21. The van der Waals surface area contributed by atoms with Crippen LogP contribution in [0.1, 0.15) is 30.5 Å². The van der Waals surface area contributed by atoms with Gasteiger partial charge in [-0.2, -0.15) is 0 Å². The van der Waals surface area contributed by atoms with Crippen molar-refractivity contribution in [1.82, 2.24) is 0 Å². The van der Waals surface area contributed by atoms with Crippen LogP contribution < -0.4 is 5.32 Å². The number of hydrogen-bond donors (Lipinski definition) is 2. The van der Waals surface area contributed by atoms with E-state index in [4.69, 9.17) is 5.11 Å². The molecule has 0 atom stereocenters. The summed E-state index contributed by atoms with van der Waals surface area (Å²) in [5.74, 6) is -1.34. The Bertz CT molecular complexity index is 646. The van der Waals surface area contributed by atoms with Gasteiger partial charge in [-0.1, -0.05) is 11.6 Å². The fourth-order valence-corrected chi connectivity index (χ4v) is 2.45. The zero-order chi connectivity index (χ0) is 14.0. The van der Waals surface area contributed by atoms with Crippen LogP contribution >= 0.6 is 11.3 Å². The molecule has 0 saturated carbocycles. The Balaban J connectivity index is 2.28. The third kappa shape index (κ3) is 3.00. The number of carbonyl (C=O) groups excluding carboxylic acids is 1. The SMILES string of the molecule is Cc1ccc(NC(=O)c2ccc(C)s2)c(C(=O)O)c1. The molecule has 4 nitrogen and oxygen atoms in total. The van der Waals surface area contributed by atoms with E-state index in [2.05, 4.69) is 5.32 Å². The lowest BCUT2D eigenvalue weighted by Crippen LogP contribution is -2.13. The number of anilines is 1. The Morgan fingerprint density at radius 2 is 1.89 bits per heavy atom. The fourth-order valence-electron chi connectivity index (χ4n) is 1.68. The molecule has 0 saturated heterocycles. The molecule has 0 fully saturated rings. The van der Waals surface area contributed by atoms with Crippen molar-refractivity contribution in [3.05, 3.63) is 51.2 Å². The number of hydrogen-bond acceptors (Lipinski definition) is 3. The lowest BCUT2D eigenvalue weighted by Gasteiger charge is -2.08. The highest BCUT2D eigenvalue weighted by Gasteiger charge is 2.14. The van der Waals surface area contributed by atoms with Crippen LogP contribution in [0.4, 0.5) is 5.69 Å². The number of nitrogens with one attached hydrogen (secondary N) is 1. The van der Waals surface area contributed by atoms with Gasteiger partial charge in [-0.3, -0.25) is 4.79 Å². The topological polar surface area (TPSA) is 66.4 Å². The Labute approximate surface area is 114 Å². The third-order valence-corrected chi connectivity index (χ3v) is 3.62. The average Bonchev–Trinajstić information content (AvgIpc) is 2.78. The second-order valence-corrected chi connectivity index (χ2v) is 5.51. The van der Waals surface area contributed by atoms with Crippen LogP contribution in [-0.2, 0) is 0 Å². The lowest BCUT2D eigenvalue weighted by atomic mass is 10.1. The Morgan fingerprint density at radius 1 is 1.16 bits per heavy atom. The first-order chi connectivity index (χ1) is 8.97. The molecule has 1 heterocycles. The number of carboxylic acid groups (broad SMARTS) is 1. The maximum absolute atomic E-state index is 12.0. The van der Waals surface area contributed by atoms with Gasteiger partial charge in [-0.05, 0) is 38.1 Å². The zero-order valence-electron chi connectivity index (χ0n) is 10.6. The molecule has 98 valence electrons. The second kappa shape index (κ2) is 5.24. The summed E-state index contributed by atoms with van der Waals surface area (Å²) in [5.41, 5.74) is 1.25. The number of amides is 1. The van der Waals surface area contributed by atoms with Crippen molar-refractivity contribution in [1.29, 1.82) is 0 Å². The summed E-state index contributed by atoms with van der Waals surface area (Å²) in [6.45, 7) is 3.72. The highest BCUT2D eigenvalue weighted by atomic mass is 32.1. The maximum atomic E-state index is 12.0. The van der Waals surface area contributed by atoms with Gasteiger partial charge >= 0.3 is 5.97 Å². The van der Waals surface area contributed by atoms with Gasteiger partial charge < -0.3 is 10.4 Å². The van der Waals surface area contributed by atoms with Gasteiger partial charge in [-0.15, -0.1) is 11.3 Å². The average molecular weight is 275 g/mol. The van der Waals surface area contributed by atoms with Crippen molar-refractivity contribution in [3.8, 4) is 0 Å². The molecular weight excluding hydrogens is 262 g/mol. The van der Waals surface area contributed by atoms with E-state index in [1.165, 1.54) is 17.4 Å². The number of benzene rings is 1. The van der Waals surface area contributed by atoms with Gasteiger partial charge in [0, 0.05) is 4.88 Å². The predicted molar refractivity (Wildman–Crippen MR) is 75.1 cm³/mol. The van der Waals surface area contributed by atoms with Gasteiger partial charge in [-0.25, -0.2) is 4.79 Å². The second-order valence-electron chi connectivity index (χ2n) is 4.22. The molecule has 1 aromatic heterocycles. The molecule has 19 heavy (non-hydrogen) atoms. The molecule has 1 amide bonds. The van der Waals surface area contributed by atoms with Crippen LogP contribution in [0.15, 0.2) is 30.3 Å². The Morgan fingerprint density at radius 3 is 2.47 bits per heavy atom. The molecule has 2 N–H and O–H groups in total. The van der Waals surface area contributed by atoms with E-state index in [0.717, 1.165) is 10.4 Å². The molecule has 0 radical (unpaired) electrons. The van der Waals surface area contributed by atoms with Gasteiger partial charge in [0.05, 0.1) is 16.1 Å². The monoisotopic (exact) mass is 275 g/mol. The van der Waals surface area contributed by atoms with Gasteiger partial charge in [0.25, 0.3) is 5.91 Å². The van der Waals surface area contributed by atoms with Gasteiger partial charge in [0.2, 0.25) is 0 Å². The smallest absolute Gasteiger partial charge is 0.337 e. The minimum Gasteiger partial charge on any atom is -0.478 e. The van der Waals surface area contributed by atoms with Crippen LogP contribution in [0, 0.1) is 13.8 Å². The van der Waals surface area contributed by atoms with Crippen LogP contribution in [-0.4, -0.2) is 17.0 Å². The molecule has 1 aromatic carbocycles. The summed E-state index contributed by atoms with van der Waals surface area (Å²) in [4.78, 5) is 24.7. The normalized spacial score (nSPS) is 10.2. The van der Waals surface area contributed by atoms with Crippen molar-refractivity contribution in [2.45, 2.75) is 13.8 Å². The molecule has 0 aliphatic carbocycles. The number of aryl methyl sites for hydroxylation is 2. The van der Waals surface area contributed by atoms with Crippen molar-refractivity contribution < 1.29 is 14.7 Å². The first-order valence-electron chi connectivity index (χ1n) is 5.69. The maximum Gasteiger partial charge on any atom is 0.337 e. The summed E-state index contributed by atoms with van der Waals surface area (Å²) in [6.07, 6.45) is 0. The van der Waals surface area contributed by atoms with Crippen molar-refractivity contribution >= 4 is 28.9 Å². The lowest BCUT2D eigenvalue weighted by molar-refractivity contribution is 0.0698. The first kappa shape index (κ1) is 13.3. The third-order valence-electron chi connectivity index (χ3n) is 2.62. The van der Waals surface area contributed by atoms with E-state index in [9.17, 15) is 9.59 Å². The van der Waals surface area contributed by atoms with E-state index in [1.54, 1.807) is 25.1 Å². The molecule has 5 heteroatoms. The van der Waals surface area contributed by atoms with Crippen molar-refractivity contribution in [2.24, 2.45) is 0 Å². The summed E-state index contributed by atoms with van der Waals surface area (Å²) in [6, 6.07) is 8.49. The van der Waals surface area contributed by atoms with E-state index < -0.39 is 5.97 Å². The molecule has 2 rings (SSSR count). The Hall–Kier alpha value is -2.14. The number of carbonyl (C=O) groups is 2. The molecule has 0 aliphatic heterocycles. The van der Waals surface area contributed by atoms with E-state index in [-0.39, 0.29) is 11.5 Å². The van der Waals surface area contributed by atoms with E-state index in [0.29, 0.717) is 10.6 Å². The van der Waals surface area contributed by atoms with Crippen LogP contribution in [0.3, 0.4) is 0 Å². The number of thiophene rings is 1. The van der Waals surface area contributed by atoms with Crippen LogP contribution in [0.2, 0.25) is 0 Å². The van der Waals surface area contributed by atoms with Gasteiger partial charge in [0.1, 0.15) is 0 Å². The zero-order valence-corrected chi connectivity index (χ0v) is 11.4. The predicted octanol–water partition coefficient (Wildman–Crippen LogP) is 3.32. The van der Waals surface area contributed by atoms with E-state index in [1.807, 2.05) is 13.0 Å². The highest BCUT2D eigenvalue weighted by molar-refractivity contribution is 7.14. The molecule has 2 aromatic rings. The van der Waals surface area contributed by atoms with Crippen molar-refractivity contribution in [2.75, 3.05) is 5.32 Å². The minimum atomic E-state index is -1.05. The van der Waals surface area contributed by atoms with E-state index >= 15 is 0 Å². The summed E-state index contributed by atoms with van der Waals surface area (Å²) < 4.78 is 0. The van der Waals surface area contributed by atoms with Crippen LogP contribution in [0.5, 0.6) is 0 Å². The standard InChI is InChI=1S/C14H13NO3S/c1-8-3-5-11(10(7-8)14(17)18)15-13(16)12-6-4-9(2)19-12/h3-7H,1-2H3,(H,15,16)(H,17,18). The summed E-state index contributed by atoms with van der Waals surface area (Å²) in [7, 11) is 0. The fraction of sp³-hybridized carbons (Fsp3) is 0.143. The minimum absolute atomic E-state index is 0.0987. The molecule has 0 spiro atoms. The number of aromatic carboxylic acids is 1. The first-order valence-corrected chi connectivity index (χ1v) is 6.51. The van der Waals surface area contributed by atoms with Gasteiger partial charge in [0.15, 0.2) is 0 Å². The molecular formula is C14H13NO3S.